The average molecular weight is 447 g/mol. The molecular formula is C22H26N2O4S2. The molecule has 8 heteroatoms. The minimum atomic E-state index is -3.78. The van der Waals surface area contributed by atoms with Crippen molar-refractivity contribution in [2.24, 2.45) is 0 Å². The van der Waals surface area contributed by atoms with E-state index in [1.165, 1.54) is 0 Å². The number of aromatic nitrogens is 1. The van der Waals surface area contributed by atoms with E-state index in [-0.39, 0.29) is 9.77 Å². The van der Waals surface area contributed by atoms with Gasteiger partial charge >= 0.3 is 4.87 Å². The van der Waals surface area contributed by atoms with E-state index in [0.29, 0.717) is 23.4 Å². The molecule has 0 aliphatic carbocycles. The molecule has 0 amide bonds. The third kappa shape index (κ3) is 3.91. The summed E-state index contributed by atoms with van der Waals surface area (Å²) in [4.78, 5) is 12.3. The van der Waals surface area contributed by atoms with Gasteiger partial charge in [-0.1, -0.05) is 30.4 Å². The van der Waals surface area contributed by atoms with Crippen LogP contribution in [-0.4, -0.2) is 18.6 Å². The molecule has 1 atom stereocenters. The van der Waals surface area contributed by atoms with E-state index >= 15 is 0 Å². The molecular weight excluding hydrogens is 420 g/mol. The lowest BCUT2D eigenvalue weighted by atomic mass is 9.90. The van der Waals surface area contributed by atoms with Crippen LogP contribution in [0.25, 0.3) is 10.2 Å². The largest absolute Gasteiger partial charge is 0.487 e. The second kappa shape index (κ2) is 7.51. The highest BCUT2D eigenvalue weighted by Gasteiger charge is 2.36. The Balaban J connectivity index is 1.70. The van der Waals surface area contributed by atoms with Crippen molar-refractivity contribution >= 4 is 31.6 Å². The van der Waals surface area contributed by atoms with Crippen molar-refractivity contribution in [2.75, 3.05) is 0 Å². The molecule has 160 valence electrons. The third-order valence-electron chi connectivity index (χ3n) is 5.32. The zero-order valence-corrected chi connectivity index (χ0v) is 19.2. The summed E-state index contributed by atoms with van der Waals surface area (Å²) in [5, 5.41) is 0. The summed E-state index contributed by atoms with van der Waals surface area (Å²) in [5.74, 6) is 0.712. The first-order valence-corrected chi connectivity index (χ1v) is 12.3. The molecule has 1 N–H and O–H groups in total. The molecule has 0 bridgehead atoms. The maximum atomic E-state index is 13.2. The topological polar surface area (TPSA) is 77.4 Å². The summed E-state index contributed by atoms with van der Waals surface area (Å²) in [5.41, 5.74) is 2.18. The van der Waals surface area contributed by atoms with Gasteiger partial charge in [0.1, 0.15) is 11.4 Å². The Labute approximate surface area is 180 Å². The molecule has 2 aromatic carbocycles. The van der Waals surface area contributed by atoms with Crippen molar-refractivity contribution in [3.63, 3.8) is 0 Å². The first-order valence-electron chi connectivity index (χ1n) is 10.0. The van der Waals surface area contributed by atoms with Crippen LogP contribution >= 0.6 is 11.3 Å². The second-order valence-corrected chi connectivity index (χ2v) is 11.1. The minimum absolute atomic E-state index is 0.0650. The van der Waals surface area contributed by atoms with E-state index in [9.17, 15) is 13.2 Å². The molecule has 6 nitrogen and oxygen atoms in total. The van der Waals surface area contributed by atoms with Gasteiger partial charge in [-0.3, -0.25) is 9.36 Å². The summed E-state index contributed by atoms with van der Waals surface area (Å²) in [6.45, 7) is 8.53. The van der Waals surface area contributed by atoms with Crippen molar-refractivity contribution in [1.29, 1.82) is 0 Å². The minimum Gasteiger partial charge on any atom is -0.487 e. The lowest BCUT2D eigenvalue weighted by Crippen LogP contribution is -2.41. The Morgan fingerprint density at radius 2 is 2.00 bits per heavy atom. The van der Waals surface area contributed by atoms with Crippen LogP contribution in [0, 0.1) is 6.92 Å². The van der Waals surface area contributed by atoms with Gasteiger partial charge in [0.2, 0.25) is 10.0 Å². The number of nitrogens with zero attached hydrogens (tertiary/aromatic N) is 1. The van der Waals surface area contributed by atoms with Gasteiger partial charge in [0.15, 0.2) is 0 Å². The normalized spacial score (nSPS) is 18.2. The molecule has 2 heterocycles. The van der Waals surface area contributed by atoms with E-state index < -0.39 is 21.7 Å². The number of rotatable bonds is 5. The van der Waals surface area contributed by atoms with Crippen LogP contribution in [-0.2, 0) is 16.6 Å². The van der Waals surface area contributed by atoms with Crippen LogP contribution in [0.15, 0.2) is 46.1 Å². The molecule has 1 aliphatic heterocycles. The molecule has 30 heavy (non-hydrogen) atoms. The highest BCUT2D eigenvalue weighted by Crippen LogP contribution is 2.40. The first kappa shape index (κ1) is 21.1. The van der Waals surface area contributed by atoms with Gasteiger partial charge in [-0.15, -0.1) is 0 Å². The van der Waals surface area contributed by atoms with E-state index in [1.54, 1.807) is 22.8 Å². The summed E-state index contributed by atoms with van der Waals surface area (Å²) < 4.78 is 37.8. The van der Waals surface area contributed by atoms with Crippen LogP contribution in [0.4, 0.5) is 0 Å². The Morgan fingerprint density at radius 3 is 2.73 bits per heavy atom. The second-order valence-electron chi connectivity index (χ2n) is 8.43. The number of hydrogen-bond donors (Lipinski definition) is 1. The van der Waals surface area contributed by atoms with Crippen LogP contribution in [0.3, 0.4) is 0 Å². The van der Waals surface area contributed by atoms with Gasteiger partial charge in [0, 0.05) is 18.5 Å². The summed E-state index contributed by atoms with van der Waals surface area (Å²) >= 11 is 1.08. The smallest absolute Gasteiger partial charge is 0.308 e. The number of ether oxygens (including phenoxy) is 1. The van der Waals surface area contributed by atoms with Gasteiger partial charge in [0.05, 0.1) is 21.2 Å². The fourth-order valence-electron chi connectivity index (χ4n) is 3.97. The number of benzene rings is 2. The number of thiazole rings is 1. The zero-order valence-electron chi connectivity index (χ0n) is 17.6. The maximum Gasteiger partial charge on any atom is 0.308 e. The van der Waals surface area contributed by atoms with Crippen LogP contribution in [0.2, 0.25) is 0 Å². The number of aryl methyl sites for hydroxylation is 2. The molecule has 0 radical (unpaired) electrons. The van der Waals surface area contributed by atoms with Gasteiger partial charge in [0.25, 0.3) is 0 Å². The van der Waals surface area contributed by atoms with E-state index in [0.717, 1.165) is 34.4 Å². The standard InChI is InChI=1S/C22H26N2O4S2/c1-5-10-24-18-9-7-15(12-20(18)29-21(24)25)30(26,27)23-17-13-22(3,4)28-19-11-14(2)6-8-16(17)19/h6-9,11-12,17,23H,5,10,13H2,1-4H3. The fourth-order valence-corrected chi connectivity index (χ4v) is 6.24. The highest BCUT2D eigenvalue weighted by atomic mass is 32.2. The maximum absolute atomic E-state index is 13.2. The molecule has 4 rings (SSSR count). The predicted octanol–water partition coefficient (Wildman–Crippen LogP) is 4.36. The Kier molecular flexibility index (Phi) is 5.28. The van der Waals surface area contributed by atoms with Gasteiger partial charge in [-0.05, 0) is 57.0 Å². The van der Waals surface area contributed by atoms with Gasteiger partial charge in [-0.25, -0.2) is 13.1 Å². The van der Waals surface area contributed by atoms with Gasteiger partial charge < -0.3 is 4.74 Å². The first-order chi connectivity index (χ1) is 14.1. The van der Waals surface area contributed by atoms with Crippen molar-refractivity contribution in [3.05, 3.63) is 57.2 Å². The van der Waals surface area contributed by atoms with Crippen molar-refractivity contribution in [3.8, 4) is 5.75 Å². The molecule has 1 aromatic heterocycles. The summed E-state index contributed by atoms with van der Waals surface area (Å²) in [6.07, 6.45) is 1.36. The molecule has 0 spiro atoms. The quantitative estimate of drug-likeness (QED) is 0.632. The highest BCUT2D eigenvalue weighted by molar-refractivity contribution is 7.89. The number of nitrogens with one attached hydrogen (secondary N) is 1. The molecule has 3 aromatic rings. The Bertz CT molecular complexity index is 1270. The van der Waals surface area contributed by atoms with Gasteiger partial charge in [-0.2, -0.15) is 0 Å². The molecule has 1 unspecified atom stereocenters. The predicted molar refractivity (Wildman–Crippen MR) is 120 cm³/mol. The summed E-state index contributed by atoms with van der Waals surface area (Å²) in [7, 11) is -3.78. The fraction of sp³-hybridized carbons (Fsp3) is 0.409. The lowest BCUT2D eigenvalue weighted by molar-refractivity contribution is 0.0701. The van der Waals surface area contributed by atoms with Crippen molar-refractivity contribution < 1.29 is 13.2 Å². The lowest BCUT2D eigenvalue weighted by Gasteiger charge is -2.38. The molecule has 0 saturated heterocycles. The van der Waals surface area contributed by atoms with E-state index in [1.807, 2.05) is 45.9 Å². The number of hydrogen-bond acceptors (Lipinski definition) is 5. The SMILES string of the molecule is CCCn1c(=O)sc2cc(S(=O)(=O)NC3CC(C)(C)Oc4cc(C)ccc43)ccc21. The van der Waals surface area contributed by atoms with Crippen LogP contribution < -0.4 is 14.3 Å². The van der Waals surface area contributed by atoms with E-state index in [4.69, 9.17) is 4.74 Å². The van der Waals surface area contributed by atoms with Crippen molar-refractivity contribution in [1.82, 2.24) is 9.29 Å². The number of fused-ring (bicyclic) bond motifs is 2. The van der Waals surface area contributed by atoms with Crippen LogP contribution in [0.5, 0.6) is 5.75 Å². The molecule has 0 fully saturated rings. The number of sulfonamides is 1. The van der Waals surface area contributed by atoms with Crippen LogP contribution in [0.1, 0.15) is 50.8 Å². The average Bonchev–Trinajstić information content (AvgIpc) is 2.95. The third-order valence-corrected chi connectivity index (χ3v) is 7.73. The van der Waals surface area contributed by atoms with E-state index in [2.05, 4.69) is 4.72 Å². The monoisotopic (exact) mass is 446 g/mol. The summed E-state index contributed by atoms with van der Waals surface area (Å²) in [6, 6.07) is 10.3. The zero-order chi connectivity index (χ0) is 21.7. The molecule has 0 saturated carbocycles. The van der Waals surface area contributed by atoms with Crippen molar-refractivity contribution in [2.45, 2.75) is 63.6 Å². The molecule has 1 aliphatic rings. The Morgan fingerprint density at radius 1 is 1.23 bits per heavy atom. The Hall–Kier alpha value is -2.16.